The summed E-state index contributed by atoms with van der Waals surface area (Å²) in [5.74, 6) is -3.74. The molecule has 12 heteroatoms. The Morgan fingerprint density at radius 1 is 1.03 bits per heavy atom. The van der Waals surface area contributed by atoms with Gasteiger partial charge in [-0.25, -0.2) is 4.79 Å². The van der Waals surface area contributed by atoms with Crippen LogP contribution in [0.3, 0.4) is 0 Å². The van der Waals surface area contributed by atoms with Crippen molar-refractivity contribution in [2.45, 2.75) is 88.8 Å². The highest BCUT2D eigenvalue weighted by Crippen LogP contribution is 2.65. The van der Waals surface area contributed by atoms with Crippen LogP contribution in [0.2, 0.25) is 0 Å². The number of carbonyl (C=O) groups excluding carboxylic acids is 5. The molecule has 36 heavy (non-hydrogen) atoms. The van der Waals surface area contributed by atoms with Gasteiger partial charge in [0.1, 0.15) is 16.4 Å². The number of halogens is 2. The first-order valence-electron chi connectivity index (χ1n) is 12.3. The van der Waals surface area contributed by atoms with Crippen molar-refractivity contribution in [1.82, 2.24) is 20.9 Å². The molecule has 1 aliphatic heterocycles. The molecule has 1 unspecified atom stereocenters. The smallest absolute Gasteiger partial charge is 0.315 e. The molecule has 202 valence electrons. The number of piperidine rings is 1. The summed E-state index contributed by atoms with van der Waals surface area (Å²) in [5, 5.41) is 8.18. The van der Waals surface area contributed by atoms with E-state index in [1.807, 2.05) is 41.5 Å². The van der Waals surface area contributed by atoms with E-state index in [0.717, 1.165) is 12.8 Å². The van der Waals surface area contributed by atoms with Crippen LogP contribution in [0.4, 0.5) is 4.79 Å². The number of nitrogens with two attached hydrogens (primary N) is 1. The SMILES string of the molecule is CC(C)(C)NC(=O)N[C@H](C(=O)N1C[C@@H]2[C@H]([C@H]1C(=O)NC(CC1CC1)C(=O)C(N)=O)C2(Cl)Cl)C(C)(C)C. The third-order valence-corrected chi connectivity index (χ3v) is 7.97. The zero-order chi connectivity index (χ0) is 27.4. The maximum atomic E-state index is 13.8. The Kier molecular flexibility index (Phi) is 7.65. The minimum atomic E-state index is -1.19. The molecule has 0 spiro atoms. The summed E-state index contributed by atoms with van der Waals surface area (Å²) < 4.78 is -1.19. The van der Waals surface area contributed by atoms with Crippen molar-refractivity contribution in [1.29, 1.82) is 0 Å². The van der Waals surface area contributed by atoms with E-state index in [2.05, 4.69) is 16.0 Å². The van der Waals surface area contributed by atoms with Gasteiger partial charge in [-0.3, -0.25) is 19.2 Å². The molecule has 2 aliphatic carbocycles. The number of carbonyl (C=O) groups is 5. The first-order valence-corrected chi connectivity index (χ1v) is 13.0. The summed E-state index contributed by atoms with van der Waals surface area (Å²) in [7, 11) is 0. The molecule has 3 aliphatic rings. The number of hydrogen-bond donors (Lipinski definition) is 4. The van der Waals surface area contributed by atoms with Gasteiger partial charge in [0.15, 0.2) is 0 Å². The van der Waals surface area contributed by atoms with Crippen LogP contribution in [0.15, 0.2) is 0 Å². The number of primary amides is 1. The van der Waals surface area contributed by atoms with Crippen molar-refractivity contribution >= 4 is 52.7 Å². The first-order chi connectivity index (χ1) is 16.3. The fourth-order valence-electron chi connectivity index (χ4n) is 4.80. The molecular formula is C24H37Cl2N5O5. The average Bonchev–Trinajstić information content (AvgIpc) is 3.55. The number of Topliss-reactive ketones (excluding diaryl/α,β-unsaturated/α-hetero) is 1. The molecule has 0 aromatic rings. The molecule has 3 fully saturated rings. The minimum absolute atomic E-state index is 0.126. The van der Waals surface area contributed by atoms with Gasteiger partial charge in [0.05, 0.1) is 6.04 Å². The van der Waals surface area contributed by atoms with Crippen molar-refractivity contribution in [3.05, 3.63) is 0 Å². The second-order valence-electron chi connectivity index (χ2n) is 12.4. The van der Waals surface area contributed by atoms with E-state index in [-0.39, 0.29) is 18.4 Å². The molecule has 5 amide bonds. The lowest BCUT2D eigenvalue weighted by Crippen LogP contribution is -2.62. The van der Waals surface area contributed by atoms with Gasteiger partial charge in [-0.1, -0.05) is 33.6 Å². The Hall–Kier alpha value is -2.07. The molecule has 3 rings (SSSR count). The van der Waals surface area contributed by atoms with Crippen LogP contribution in [-0.2, 0) is 19.2 Å². The molecule has 0 aromatic heterocycles. The summed E-state index contributed by atoms with van der Waals surface area (Å²) in [6.07, 6.45) is 2.10. The first kappa shape index (κ1) is 28.5. The maximum absolute atomic E-state index is 13.8. The third-order valence-electron chi connectivity index (χ3n) is 6.90. The standard InChI is InChI=1S/C24H37Cl2N5O5/c1-22(2,3)17(29-21(36)30-23(4,5)6)20(35)31-10-12-14(24(12,25)26)15(31)19(34)28-13(9-11-7-8-11)16(32)18(27)33/h11-15,17H,7-10H2,1-6H3,(H2,27,33)(H,28,34)(H2,29,30,36)/t12-,13?,14-,15+,17-/m1/s1. The van der Waals surface area contributed by atoms with Gasteiger partial charge in [0.2, 0.25) is 17.6 Å². The number of hydrogen-bond acceptors (Lipinski definition) is 5. The van der Waals surface area contributed by atoms with Gasteiger partial charge < -0.3 is 26.6 Å². The summed E-state index contributed by atoms with van der Waals surface area (Å²) in [6, 6.07) is -3.60. The van der Waals surface area contributed by atoms with Crippen LogP contribution in [0, 0.1) is 23.2 Å². The largest absolute Gasteiger partial charge is 0.363 e. The lowest BCUT2D eigenvalue weighted by molar-refractivity contribution is -0.144. The van der Waals surface area contributed by atoms with Crippen molar-refractivity contribution in [3.63, 3.8) is 0 Å². The lowest BCUT2D eigenvalue weighted by atomic mass is 9.85. The van der Waals surface area contributed by atoms with Gasteiger partial charge in [-0.15, -0.1) is 23.2 Å². The van der Waals surface area contributed by atoms with E-state index in [4.69, 9.17) is 28.9 Å². The van der Waals surface area contributed by atoms with Gasteiger partial charge in [0.25, 0.3) is 5.91 Å². The molecule has 0 aromatic carbocycles. The number of fused-ring (bicyclic) bond motifs is 1. The van der Waals surface area contributed by atoms with Gasteiger partial charge in [-0.05, 0) is 38.5 Å². The second kappa shape index (κ2) is 9.67. The number of nitrogens with one attached hydrogen (secondary N) is 3. The summed E-state index contributed by atoms with van der Waals surface area (Å²) in [4.78, 5) is 65.2. The van der Waals surface area contributed by atoms with Crippen molar-refractivity contribution < 1.29 is 24.0 Å². The van der Waals surface area contributed by atoms with Crippen LogP contribution in [0.1, 0.15) is 60.8 Å². The molecule has 1 saturated heterocycles. The van der Waals surface area contributed by atoms with Crippen LogP contribution in [-0.4, -0.2) is 69.0 Å². The van der Waals surface area contributed by atoms with Crippen LogP contribution in [0.25, 0.3) is 0 Å². The Bertz CT molecular complexity index is 954. The zero-order valence-corrected chi connectivity index (χ0v) is 23.1. The normalized spacial score (nSPS) is 26.3. The number of nitrogens with zero attached hydrogens (tertiary/aromatic N) is 1. The Balaban J connectivity index is 1.83. The molecule has 0 radical (unpaired) electrons. The van der Waals surface area contributed by atoms with E-state index in [0.29, 0.717) is 6.42 Å². The predicted octanol–water partition coefficient (Wildman–Crippen LogP) is 1.47. The molecule has 5 atom stereocenters. The Labute approximate surface area is 221 Å². The van der Waals surface area contributed by atoms with Gasteiger partial charge >= 0.3 is 6.03 Å². The predicted molar refractivity (Wildman–Crippen MR) is 135 cm³/mol. The second-order valence-corrected chi connectivity index (χ2v) is 13.8. The zero-order valence-electron chi connectivity index (χ0n) is 21.6. The molecule has 10 nitrogen and oxygen atoms in total. The van der Waals surface area contributed by atoms with Crippen LogP contribution >= 0.6 is 23.2 Å². The van der Waals surface area contributed by atoms with Gasteiger partial charge in [0, 0.05) is 23.9 Å². The van der Waals surface area contributed by atoms with Crippen LogP contribution in [0.5, 0.6) is 0 Å². The Morgan fingerprint density at radius 3 is 2.08 bits per heavy atom. The van der Waals surface area contributed by atoms with E-state index < -0.39 is 68.9 Å². The molecule has 0 bridgehead atoms. The van der Waals surface area contributed by atoms with Crippen LogP contribution < -0.4 is 21.7 Å². The number of urea groups is 1. The highest BCUT2D eigenvalue weighted by Gasteiger charge is 2.74. The molecule has 5 N–H and O–H groups in total. The number of amides is 5. The monoisotopic (exact) mass is 545 g/mol. The molecule has 1 heterocycles. The quantitative estimate of drug-likeness (QED) is 0.269. The fraction of sp³-hybridized carbons (Fsp3) is 0.792. The Morgan fingerprint density at radius 2 is 1.61 bits per heavy atom. The topological polar surface area (TPSA) is 151 Å². The average molecular weight is 546 g/mol. The minimum Gasteiger partial charge on any atom is -0.363 e. The van der Waals surface area contributed by atoms with Crippen molar-refractivity contribution in [3.8, 4) is 0 Å². The van der Waals surface area contributed by atoms with Gasteiger partial charge in [-0.2, -0.15) is 0 Å². The lowest BCUT2D eigenvalue weighted by Gasteiger charge is -2.38. The van der Waals surface area contributed by atoms with Crippen molar-refractivity contribution in [2.75, 3.05) is 6.54 Å². The maximum Gasteiger partial charge on any atom is 0.315 e. The number of rotatable bonds is 8. The summed E-state index contributed by atoms with van der Waals surface area (Å²) in [6.45, 7) is 11.0. The highest BCUT2D eigenvalue weighted by atomic mass is 35.5. The number of ketones is 1. The number of likely N-dealkylation sites (tertiary alicyclic amines) is 1. The summed E-state index contributed by atoms with van der Waals surface area (Å²) >= 11 is 12.8. The molecular weight excluding hydrogens is 509 g/mol. The summed E-state index contributed by atoms with van der Waals surface area (Å²) in [5.41, 5.74) is 4.00. The third kappa shape index (κ3) is 6.25. The fourth-order valence-corrected chi connectivity index (χ4v) is 5.63. The van der Waals surface area contributed by atoms with E-state index in [1.165, 1.54) is 4.90 Å². The van der Waals surface area contributed by atoms with E-state index >= 15 is 0 Å². The molecule has 2 saturated carbocycles. The van der Waals surface area contributed by atoms with Crippen molar-refractivity contribution in [2.24, 2.45) is 28.9 Å². The van der Waals surface area contributed by atoms with E-state index in [1.54, 1.807) is 0 Å². The highest BCUT2D eigenvalue weighted by molar-refractivity contribution is 6.51. The number of alkyl halides is 2. The van der Waals surface area contributed by atoms with E-state index in [9.17, 15) is 24.0 Å².